The number of hydrogen-bond acceptors (Lipinski definition) is 4. The van der Waals surface area contributed by atoms with Crippen molar-refractivity contribution in [3.05, 3.63) is 17.5 Å². The quantitative estimate of drug-likeness (QED) is 0.841. The third kappa shape index (κ3) is 3.60. The van der Waals surface area contributed by atoms with Gasteiger partial charge < -0.3 is 10.2 Å². The normalized spacial score (nSPS) is 15.2. The molecule has 0 spiro atoms. The number of alkyl halides is 2. The fraction of sp³-hybridized carbons (Fsp3) is 0.667. The molecule has 0 unspecified atom stereocenters. The van der Waals surface area contributed by atoms with Gasteiger partial charge in [-0.05, 0) is 19.8 Å². The number of aryl methyl sites for hydroxylation is 1. The molecular formula is C12H18F2N4. The van der Waals surface area contributed by atoms with Crippen LogP contribution in [0.1, 0.15) is 24.1 Å². The van der Waals surface area contributed by atoms with E-state index in [-0.39, 0.29) is 6.54 Å². The van der Waals surface area contributed by atoms with E-state index in [1.165, 1.54) is 17.7 Å². The van der Waals surface area contributed by atoms with E-state index in [9.17, 15) is 8.78 Å². The van der Waals surface area contributed by atoms with Crippen LogP contribution in [0.5, 0.6) is 0 Å². The Morgan fingerprint density at radius 2 is 2.22 bits per heavy atom. The molecule has 0 saturated heterocycles. The molecule has 6 heteroatoms. The van der Waals surface area contributed by atoms with Crippen LogP contribution < -0.4 is 10.2 Å². The highest BCUT2D eigenvalue weighted by atomic mass is 19.3. The second kappa shape index (κ2) is 5.56. The van der Waals surface area contributed by atoms with Crippen LogP contribution in [0.25, 0.3) is 0 Å². The molecule has 18 heavy (non-hydrogen) atoms. The first-order valence-corrected chi connectivity index (χ1v) is 6.11. The summed E-state index contributed by atoms with van der Waals surface area (Å²) >= 11 is 0. The average Bonchev–Trinajstić information content (AvgIpc) is 3.10. The summed E-state index contributed by atoms with van der Waals surface area (Å²) in [6.45, 7) is 2.28. The topological polar surface area (TPSA) is 41.1 Å². The third-order valence-electron chi connectivity index (χ3n) is 2.98. The van der Waals surface area contributed by atoms with Crippen molar-refractivity contribution in [3.63, 3.8) is 0 Å². The molecule has 1 fully saturated rings. The molecule has 0 amide bonds. The van der Waals surface area contributed by atoms with Gasteiger partial charge in [0.25, 0.3) is 6.43 Å². The van der Waals surface area contributed by atoms with Gasteiger partial charge in [0, 0.05) is 37.1 Å². The van der Waals surface area contributed by atoms with Crippen LogP contribution in [0.3, 0.4) is 0 Å². The Morgan fingerprint density at radius 3 is 2.78 bits per heavy atom. The van der Waals surface area contributed by atoms with E-state index in [2.05, 4.69) is 15.3 Å². The lowest BCUT2D eigenvalue weighted by Crippen LogP contribution is -2.26. The van der Waals surface area contributed by atoms with Gasteiger partial charge in [-0.1, -0.05) is 0 Å². The third-order valence-corrected chi connectivity index (χ3v) is 2.98. The number of halogens is 2. The Balaban J connectivity index is 1.98. The van der Waals surface area contributed by atoms with Gasteiger partial charge in [-0.25, -0.2) is 18.7 Å². The summed E-state index contributed by atoms with van der Waals surface area (Å²) in [7, 11) is 1.57. The molecule has 0 aliphatic heterocycles. The smallest absolute Gasteiger partial charge is 0.255 e. The van der Waals surface area contributed by atoms with Gasteiger partial charge >= 0.3 is 0 Å². The second-order valence-electron chi connectivity index (χ2n) is 4.71. The molecule has 1 N–H and O–H groups in total. The fourth-order valence-corrected chi connectivity index (χ4v) is 1.67. The summed E-state index contributed by atoms with van der Waals surface area (Å²) in [6.07, 6.45) is 1.80. The van der Waals surface area contributed by atoms with Crippen LogP contribution in [0.4, 0.5) is 14.7 Å². The Kier molecular flexibility index (Phi) is 4.06. The molecule has 1 aromatic rings. The van der Waals surface area contributed by atoms with Gasteiger partial charge in [0.2, 0.25) is 5.95 Å². The van der Waals surface area contributed by atoms with Gasteiger partial charge in [-0.15, -0.1) is 0 Å². The van der Waals surface area contributed by atoms with Crippen molar-refractivity contribution in [2.45, 2.75) is 38.8 Å². The highest BCUT2D eigenvalue weighted by molar-refractivity contribution is 5.31. The Morgan fingerprint density at radius 1 is 1.50 bits per heavy atom. The molecule has 4 nitrogen and oxygen atoms in total. The van der Waals surface area contributed by atoms with Crippen LogP contribution in [-0.2, 0) is 6.54 Å². The summed E-state index contributed by atoms with van der Waals surface area (Å²) in [5.74, 6) is 0.350. The minimum Gasteiger partial charge on any atom is -0.338 e. The molecule has 0 aromatic carbocycles. The van der Waals surface area contributed by atoms with Crippen molar-refractivity contribution < 1.29 is 8.78 Å². The monoisotopic (exact) mass is 256 g/mol. The zero-order valence-corrected chi connectivity index (χ0v) is 10.7. The predicted octanol–water partition coefficient (Wildman–Crippen LogP) is 1.74. The molecule has 1 saturated carbocycles. The standard InChI is InChI=1S/C12H18F2N4/c1-8-9(5-15-10-3-4-10)6-16-12(17-8)18(2)7-11(13)14/h6,10-11,15H,3-5,7H2,1-2H3. The maximum Gasteiger partial charge on any atom is 0.255 e. The lowest BCUT2D eigenvalue weighted by atomic mass is 10.2. The predicted molar refractivity (Wildman–Crippen MR) is 65.9 cm³/mol. The van der Waals surface area contributed by atoms with Crippen LogP contribution in [-0.4, -0.2) is 36.0 Å². The first kappa shape index (κ1) is 13.1. The highest BCUT2D eigenvalue weighted by Crippen LogP contribution is 2.20. The first-order valence-electron chi connectivity index (χ1n) is 6.11. The van der Waals surface area contributed by atoms with Crippen molar-refractivity contribution >= 4 is 5.95 Å². The van der Waals surface area contributed by atoms with Gasteiger partial charge in [0.15, 0.2) is 0 Å². The average molecular weight is 256 g/mol. The minimum absolute atomic E-state index is 0.348. The Hall–Kier alpha value is -1.30. The molecule has 1 aromatic heterocycles. The van der Waals surface area contributed by atoms with Crippen molar-refractivity contribution in [1.29, 1.82) is 0 Å². The van der Waals surface area contributed by atoms with Crippen LogP contribution in [0.15, 0.2) is 6.20 Å². The maximum atomic E-state index is 12.3. The van der Waals surface area contributed by atoms with Crippen molar-refractivity contribution in [2.24, 2.45) is 0 Å². The molecule has 0 bridgehead atoms. The van der Waals surface area contributed by atoms with E-state index < -0.39 is 6.43 Å². The zero-order chi connectivity index (χ0) is 13.1. The zero-order valence-electron chi connectivity index (χ0n) is 10.7. The number of aromatic nitrogens is 2. The Bertz CT molecular complexity index is 407. The molecule has 0 radical (unpaired) electrons. The lowest BCUT2D eigenvalue weighted by Gasteiger charge is -2.17. The molecule has 100 valence electrons. The summed E-state index contributed by atoms with van der Waals surface area (Å²) in [4.78, 5) is 9.77. The maximum absolute atomic E-state index is 12.3. The number of hydrogen-bond donors (Lipinski definition) is 1. The number of rotatable bonds is 6. The van der Waals surface area contributed by atoms with E-state index in [0.717, 1.165) is 17.8 Å². The van der Waals surface area contributed by atoms with Crippen LogP contribution in [0, 0.1) is 6.92 Å². The van der Waals surface area contributed by atoms with Gasteiger partial charge in [0.05, 0.1) is 6.54 Å². The van der Waals surface area contributed by atoms with E-state index in [4.69, 9.17) is 0 Å². The second-order valence-corrected chi connectivity index (χ2v) is 4.71. The summed E-state index contributed by atoms with van der Waals surface area (Å²) in [5, 5.41) is 3.38. The molecular weight excluding hydrogens is 238 g/mol. The van der Waals surface area contributed by atoms with Crippen LogP contribution in [0.2, 0.25) is 0 Å². The van der Waals surface area contributed by atoms with Gasteiger partial charge in [-0.2, -0.15) is 0 Å². The SMILES string of the molecule is Cc1nc(N(C)CC(F)F)ncc1CNC1CC1. The lowest BCUT2D eigenvalue weighted by molar-refractivity contribution is 0.156. The molecule has 1 aliphatic rings. The summed E-state index contributed by atoms with van der Waals surface area (Å²) in [6, 6.07) is 0.630. The van der Waals surface area contributed by atoms with Crippen molar-refractivity contribution in [2.75, 3.05) is 18.5 Å². The number of anilines is 1. The first-order chi connectivity index (χ1) is 8.56. The summed E-state index contributed by atoms with van der Waals surface area (Å²) < 4.78 is 24.5. The van der Waals surface area contributed by atoms with E-state index in [0.29, 0.717) is 12.0 Å². The molecule has 1 heterocycles. The van der Waals surface area contributed by atoms with Crippen molar-refractivity contribution in [3.8, 4) is 0 Å². The van der Waals surface area contributed by atoms with Gasteiger partial charge in [0.1, 0.15) is 0 Å². The molecule has 2 rings (SSSR count). The molecule has 1 aliphatic carbocycles. The highest BCUT2D eigenvalue weighted by Gasteiger charge is 2.20. The minimum atomic E-state index is -2.38. The van der Waals surface area contributed by atoms with Crippen LogP contribution >= 0.6 is 0 Å². The fourth-order valence-electron chi connectivity index (χ4n) is 1.67. The van der Waals surface area contributed by atoms with Crippen molar-refractivity contribution in [1.82, 2.24) is 15.3 Å². The van der Waals surface area contributed by atoms with E-state index in [1.807, 2.05) is 6.92 Å². The van der Waals surface area contributed by atoms with E-state index >= 15 is 0 Å². The van der Waals surface area contributed by atoms with Gasteiger partial charge in [-0.3, -0.25) is 0 Å². The Labute approximate surface area is 105 Å². The summed E-state index contributed by atoms with van der Waals surface area (Å²) in [5.41, 5.74) is 1.87. The largest absolute Gasteiger partial charge is 0.338 e. The number of nitrogens with one attached hydrogen (secondary N) is 1. The number of nitrogens with zero attached hydrogens (tertiary/aromatic N) is 3. The molecule has 0 atom stereocenters. The van der Waals surface area contributed by atoms with E-state index in [1.54, 1.807) is 13.2 Å².